The summed E-state index contributed by atoms with van der Waals surface area (Å²) >= 11 is 0. The molecule has 0 unspecified atom stereocenters. The third kappa shape index (κ3) is 1.95. The number of hydrogen-bond donors (Lipinski definition) is 1. The molecular formula is C9H7NO4. The second-order valence-corrected chi connectivity index (χ2v) is 2.59. The lowest BCUT2D eigenvalue weighted by molar-refractivity contribution is -0.384. The Morgan fingerprint density at radius 2 is 1.86 bits per heavy atom. The topological polar surface area (TPSA) is 80.4 Å². The fourth-order valence-corrected chi connectivity index (χ4v) is 0.908. The van der Waals surface area contributed by atoms with Crippen LogP contribution in [0.15, 0.2) is 30.8 Å². The van der Waals surface area contributed by atoms with E-state index in [0.717, 1.165) is 0 Å². The number of hydrogen-bond acceptors (Lipinski definition) is 3. The molecular weight excluding hydrogens is 186 g/mol. The lowest BCUT2D eigenvalue weighted by atomic mass is 10.1. The number of nitro groups is 1. The summed E-state index contributed by atoms with van der Waals surface area (Å²) in [5.74, 6) is -1.14. The molecule has 72 valence electrons. The van der Waals surface area contributed by atoms with E-state index in [4.69, 9.17) is 5.11 Å². The van der Waals surface area contributed by atoms with Crippen molar-refractivity contribution in [2.75, 3.05) is 0 Å². The molecule has 1 aromatic rings. The van der Waals surface area contributed by atoms with Crippen LogP contribution in [-0.2, 0) is 4.79 Å². The minimum absolute atomic E-state index is 0.0769. The van der Waals surface area contributed by atoms with Crippen LogP contribution in [0, 0.1) is 10.1 Å². The van der Waals surface area contributed by atoms with Gasteiger partial charge < -0.3 is 5.11 Å². The van der Waals surface area contributed by atoms with E-state index in [1.807, 2.05) is 0 Å². The molecule has 0 aliphatic carbocycles. The van der Waals surface area contributed by atoms with E-state index >= 15 is 0 Å². The van der Waals surface area contributed by atoms with Crippen LogP contribution in [0.25, 0.3) is 5.57 Å². The molecule has 5 heteroatoms. The lowest BCUT2D eigenvalue weighted by Crippen LogP contribution is -1.98. The summed E-state index contributed by atoms with van der Waals surface area (Å²) in [5, 5.41) is 18.9. The van der Waals surface area contributed by atoms with Gasteiger partial charge in [0, 0.05) is 12.1 Å². The van der Waals surface area contributed by atoms with E-state index in [9.17, 15) is 14.9 Å². The average Bonchev–Trinajstić information content (AvgIpc) is 2.16. The first-order valence-corrected chi connectivity index (χ1v) is 3.69. The maximum Gasteiger partial charge on any atom is 0.335 e. The van der Waals surface area contributed by atoms with Gasteiger partial charge in [-0.2, -0.15) is 0 Å². The predicted octanol–water partition coefficient (Wildman–Crippen LogP) is 1.69. The molecule has 0 amide bonds. The number of carboxylic acids is 1. The maximum atomic E-state index is 10.5. The highest BCUT2D eigenvalue weighted by Gasteiger charge is 2.09. The molecule has 0 atom stereocenters. The van der Waals surface area contributed by atoms with E-state index in [0.29, 0.717) is 5.56 Å². The van der Waals surface area contributed by atoms with Crippen LogP contribution in [0.2, 0.25) is 0 Å². The van der Waals surface area contributed by atoms with Gasteiger partial charge in [-0.1, -0.05) is 6.58 Å². The fourth-order valence-electron chi connectivity index (χ4n) is 0.908. The smallest absolute Gasteiger partial charge is 0.335 e. The first-order chi connectivity index (χ1) is 6.52. The number of benzene rings is 1. The Balaban J connectivity index is 3.00. The minimum atomic E-state index is -1.14. The van der Waals surface area contributed by atoms with Gasteiger partial charge >= 0.3 is 5.97 Å². The Bertz CT molecular complexity index is 394. The first-order valence-electron chi connectivity index (χ1n) is 3.69. The molecule has 0 fully saturated rings. The third-order valence-corrected chi connectivity index (χ3v) is 1.68. The molecule has 1 N–H and O–H groups in total. The molecule has 0 aliphatic rings. The van der Waals surface area contributed by atoms with Gasteiger partial charge in [-0.15, -0.1) is 0 Å². The largest absolute Gasteiger partial charge is 0.478 e. The van der Waals surface area contributed by atoms with Crippen molar-refractivity contribution >= 4 is 17.2 Å². The summed E-state index contributed by atoms with van der Waals surface area (Å²) in [6.07, 6.45) is 0. The van der Waals surface area contributed by atoms with E-state index in [1.165, 1.54) is 24.3 Å². The van der Waals surface area contributed by atoms with Gasteiger partial charge in [0.1, 0.15) is 0 Å². The third-order valence-electron chi connectivity index (χ3n) is 1.68. The van der Waals surface area contributed by atoms with Crippen molar-refractivity contribution in [3.8, 4) is 0 Å². The summed E-state index contributed by atoms with van der Waals surface area (Å²) in [5.41, 5.74) is 0.204. The van der Waals surface area contributed by atoms with Crippen molar-refractivity contribution in [3.63, 3.8) is 0 Å². The van der Waals surface area contributed by atoms with Crippen LogP contribution < -0.4 is 0 Å². The quantitative estimate of drug-likeness (QED) is 0.450. The van der Waals surface area contributed by atoms with Crippen LogP contribution in [0.1, 0.15) is 5.56 Å². The zero-order valence-corrected chi connectivity index (χ0v) is 7.14. The van der Waals surface area contributed by atoms with Crippen LogP contribution >= 0.6 is 0 Å². The molecule has 0 saturated heterocycles. The SMILES string of the molecule is C=C(C(=O)O)c1ccc([N+](=O)[O-])cc1. The number of carboxylic acid groups (broad SMARTS) is 1. The molecule has 0 aliphatic heterocycles. The lowest BCUT2D eigenvalue weighted by Gasteiger charge is -1.98. The first kappa shape index (κ1) is 9.91. The number of aliphatic carboxylic acids is 1. The highest BCUT2D eigenvalue weighted by Crippen LogP contribution is 2.17. The molecule has 0 heterocycles. The second kappa shape index (κ2) is 3.69. The number of carbonyl (C=O) groups is 1. The van der Waals surface area contributed by atoms with Gasteiger partial charge in [-0.3, -0.25) is 10.1 Å². The van der Waals surface area contributed by atoms with E-state index in [-0.39, 0.29) is 11.3 Å². The summed E-state index contributed by atoms with van der Waals surface area (Å²) in [4.78, 5) is 20.2. The van der Waals surface area contributed by atoms with E-state index in [1.54, 1.807) is 0 Å². The Hall–Kier alpha value is -2.17. The van der Waals surface area contributed by atoms with Crippen LogP contribution in [-0.4, -0.2) is 16.0 Å². The standard InChI is InChI=1S/C9H7NO4/c1-6(9(11)12)7-2-4-8(5-3-7)10(13)14/h2-5H,1H2,(H,11,12). The molecule has 1 aromatic carbocycles. The van der Waals surface area contributed by atoms with Gasteiger partial charge in [-0.05, 0) is 17.7 Å². The van der Waals surface area contributed by atoms with Gasteiger partial charge in [0.2, 0.25) is 0 Å². The molecule has 5 nitrogen and oxygen atoms in total. The van der Waals surface area contributed by atoms with Gasteiger partial charge in [-0.25, -0.2) is 4.79 Å². The van der Waals surface area contributed by atoms with Crippen molar-refractivity contribution < 1.29 is 14.8 Å². The maximum absolute atomic E-state index is 10.5. The zero-order chi connectivity index (χ0) is 10.7. The molecule has 14 heavy (non-hydrogen) atoms. The highest BCUT2D eigenvalue weighted by atomic mass is 16.6. The van der Waals surface area contributed by atoms with Crippen molar-refractivity contribution in [3.05, 3.63) is 46.5 Å². The highest BCUT2D eigenvalue weighted by molar-refractivity contribution is 6.14. The fraction of sp³-hybridized carbons (Fsp3) is 0. The van der Waals surface area contributed by atoms with Crippen molar-refractivity contribution in [1.82, 2.24) is 0 Å². The molecule has 0 bridgehead atoms. The Morgan fingerprint density at radius 3 is 2.21 bits per heavy atom. The monoisotopic (exact) mass is 193 g/mol. The van der Waals surface area contributed by atoms with E-state index < -0.39 is 10.9 Å². The van der Waals surface area contributed by atoms with E-state index in [2.05, 4.69) is 6.58 Å². The van der Waals surface area contributed by atoms with Gasteiger partial charge in [0.25, 0.3) is 5.69 Å². The Morgan fingerprint density at radius 1 is 1.36 bits per heavy atom. The van der Waals surface area contributed by atoms with Crippen molar-refractivity contribution in [1.29, 1.82) is 0 Å². The Kier molecular flexibility index (Phi) is 2.62. The molecule has 0 aromatic heterocycles. The van der Waals surface area contributed by atoms with Crippen LogP contribution in [0.4, 0.5) is 5.69 Å². The molecule has 1 rings (SSSR count). The molecule has 0 radical (unpaired) electrons. The minimum Gasteiger partial charge on any atom is -0.478 e. The molecule has 0 saturated carbocycles. The van der Waals surface area contributed by atoms with Gasteiger partial charge in [0.15, 0.2) is 0 Å². The van der Waals surface area contributed by atoms with Crippen molar-refractivity contribution in [2.24, 2.45) is 0 Å². The van der Waals surface area contributed by atoms with Gasteiger partial charge in [0.05, 0.1) is 10.5 Å². The predicted molar refractivity (Wildman–Crippen MR) is 49.8 cm³/mol. The summed E-state index contributed by atoms with van der Waals surface area (Å²) < 4.78 is 0. The normalized spacial score (nSPS) is 9.43. The van der Waals surface area contributed by atoms with Crippen molar-refractivity contribution in [2.45, 2.75) is 0 Å². The molecule has 0 spiro atoms. The number of nitro benzene ring substituents is 1. The summed E-state index contributed by atoms with van der Waals surface area (Å²) in [6.45, 7) is 3.33. The number of nitrogens with zero attached hydrogens (tertiary/aromatic N) is 1. The number of rotatable bonds is 3. The Labute approximate surface area is 79.4 Å². The summed E-state index contributed by atoms with van der Waals surface area (Å²) in [7, 11) is 0. The zero-order valence-electron chi connectivity index (χ0n) is 7.14. The second-order valence-electron chi connectivity index (χ2n) is 2.59. The average molecular weight is 193 g/mol. The number of non-ortho nitro benzene ring substituents is 1. The van der Waals surface area contributed by atoms with Crippen LogP contribution in [0.3, 0.4) is 0 Å². The van der Waals surface area contributed by atoms with Crippen LogP contribution in [0.5, 0.6) is 0 Å². The summed E-state index contributed by atoms with van der Waals surface area (Å²) in [6, 6.07) is 5.19.